The summed E-state index contributed by atoms with van der Waals surface area (Å²) >= 11 is 0. The molecule has 3 heteroatoms. The number of methoxy groups -OCH3 is 1. The number of nitrogens with zero attached hydrogens (tertiary/aromatic N) is 1. The Balaban J connectivity index is 2.10. The van der Waals surface area contributed by atoms with Crippen LogP contribution in [0.1, 0.15) is 11.3 Å². The summed E-state index contributed by atoms with van der Waals surface area (Å²) in [4.78, 5) is 4.38. The molecule has 0 radical (unpaired) electrons. The van der Waals surface area contributed by atoms with Gasteiger partial charge in [0.1, 0.15) is 17.2 Å². The summed E-state index contributed by atoms with van der Waals surface area (Å²) in [6.07, 6.45) is 4.17. The van der Waals surface area contributed by atoms with Gasteiger partial charge in [0.25, 0.3) is 0 Å². The molecular weight excluding hydrogens is 214 g/mol. The van der Waals surface area contributed by atoms with Crippen LogP contribution < -0.4 is 4.74 Å². The van der Waals surface area contributed by atoms with E-state index in [0.29, 0.717) is 6.42 Å². The fourth-order valence-electron chi connectivity index (χ4n) is 1.55. The SMILES string of the molecule is COc1cc(C)ccc1N=CCc1ccco1. The predicted octanol–water partition coefficient (Wildman–Crippen LogP) is 3.54. The van der Waals surface area contributed by atoms with E-state index < -0.39 is 0 Å². The van der Waals surface area contributed by atoms with E-state index in [0.717, 1.165) is 22.8 Å². The van der Waals surface area contributed by atoms with E-state index >= 15 is 0 Å². The van der Waals surface area contributed by atoms with Gasteiger partial charge in [-0.05, 0) is 36.8 Å². The monoisotopic (exact) mass is 229 g/mol. The summed E-state index contributed by atoms with van der Waals surface area (Å²) in [6.45, 7) is 2.03. The lowest BCUT2D eigenvalue weighted by molar-refractivity contribution is 0.416. The fourth-order valence-corrected chi connectivity index (χ4v) is 1.55. The van der Waals surface area contributed by atoms with E-state index in [9.17, 15) is 0 Å². The summed E-state index contributed by atoms with van der Waals surface area (Å²) in [5.41, 5.74) is 2.00. The number of rotatable bonds is 4. The lowest BCUT2D eigenvalue weighted by atomic mass is 10.2. The molecule has 0 aliphatic heterocycles. The Kier molecular flexibility index (Phi) is 3.60. The molecule has 0 fully saturated rings. The van der Waals surface area contributed by atoms with Crippen molar-refractivity contribution in [1.82, 2.24) is 0 Å². The molecule has 0 aliphatic rings. The molecule has 0 N–H and O–H groups in total. The average molecular weight is 229 g/mol. The fraction of sp³-hybridized carbons (Fsp3) is 0.214. The highest BCUT2D eigenvalue weighted by Crippen LogP contribution is 2.27. The number of aryl methyl sites for hydroxylation is 1. The van der Waals surface area contributed by atoms with Gasteiger partial charge in [0, 0.05) is 12.6 Å². The highest BCUT2D eigenvalue weighted by Gasteiger charge is 2.00. The Labute approximate surface area is 101 Å². The highest BCUT2D eigenvalue weighted by atomic mass is 16.5. The normalized spacial score (nSPS) is 10.9. The summed E-state index contributed by atoms with van der Waals surface area (Å²) in [5.74, 6) is 1.69. The van der Waals surface area contributed by atoms with Crippen molar-refractivity contribution < 1.29 is 9.15 Å². The number of benzene rings is 1. The third-order valence-corrected chi connectivity index (χ3v) is 2.44. The van der Waals surface area contributed by atoms with Crippen LogP contribution in [0.3, 0.4) is 0 Å². The Hall–Kier alpha value is -2.03. The first-order chi connectivity index (χ1) is 8.29. The second kappa shape index (κ2) is 5.34. The number of ether oxygens (including phenoxy) is 1. The van der Waals surface area contributed by atoms with Gasteiger partial charge in [-0.2, -0.15) is 0 Å². The molecule has 2 aromatic rings. The van der Waals surface area contributed by atoms with Crippen LogP contribution in [0.2, 0.25) is 0 Å². The van der Waals surface area contributed by atoms with Crippen molar-refractivity contribution in [3.8, 4) is 5.75 Å². The molecule has 0 aliphatic carbocycles. The van der Waals surface area contributed by atoms with Gasteiger partial charge in [-0.15, -0.1) is 0 Å². The Morgan fingerprint density at radius 3 is 2.94 bits per heavy atom. The Morgan fingerprint density at radius 1 is 1.35 bits per heavy atom. The van der Waals surface area contributed by atoms with E-state index in [-0.39, 0.29) is 0 Å². The molecule has 0 amide bonds. The van der Waals surface area contributed by atoms with Crippen LogP contribution in [-0.4, -0.2) is 13.3 Å². The first-order valence-electron chi connectivity index (χ1n) is 5.49. The van der Waals surface area contributed by atoms with E-state index in [4.69, 9.17) is 9.15 Å². The van der Waals surface area contributed by atoms with E-state index in [1.807, 2.05) is 43.5 Å². The van der Waals surface area contributed by atoms with Gasteiger partial charge in [-0.1, -0.05) is 6.07 Å². The molecule has 1 aromatic carbocycles. The van der Waals surface area contributed by atoms with Gasteiger partial charge < -0.3 is 9.15 Å². The summed E-state index contributed by atoms with van der Waals surface area (Å²) < 4.78 is 10.5. The molecule has 0 saturated heterocycles. The summed E-state index contributed by atoms with van der Waals surface area (Å²) in [6, 6.07) is 9.74. The van der Waals surface area contributed by atoms with Crippen LogP contribution in [0.4, 0.5) is 5.69 Å². The molecule has 0 atom stereocenters. The minimum atomic E-state index is 0.685. The van der Waals surface area contributed by atoms with Crippen LogP contribution in [0.15, 0.2) is 46.0 Å². The van der Waals surface area contributed by atoms with Crippen molar-refractivity contribution in [3.05, 3.63) is 47.9 Å². The van der Waals surface area contributed by atoms with Crippen LogP contribution in [0.25, 0.3) is 0 Å². The Bertz CT molecular complexity index is 501. The van der Waals surface area contributed by atoms with Crippen LogP contribution >= 0.6 is 0 Å². The van der Waals surface area contributed by atoms with E-state index in [1.54, 1.807) is 13.4 Å². The van der Waals surface area contributed by atoms with E-state index in [2.05, 4.69) is 4.99 Å². The van der Waals surface area contributed by atoms with Gasteiger partial charge >= 0.3 is 0 Å². The maximum Gasteiger partial charge on any atom is 0.144 e. The second-order valence-electron chi connectivity index (χ2n) is 3.77. The molecule has 0 unspecified atom stereocenters. The predicted molar refractivity (Wildman–Crippen MR) is 68.3 cm³/mol. The first-order valence-corrected chi connectivity index (χ1v) is 5.49. The summed E-state index contributed by atoms with van der Waals surface area (Å²) in [7, 11) is 1.65. The standard InChI is InChI=1S/C14H15NO2/c1-11-5-6-13(14(10-11)16-2)15-8-7-12-4-3-9-17-12/h3-6,8-10H,7H2,1-2H3. The van der Waals surface area contributed by atoms with Crippen molar-refractivity contribution in [2.75, 3.05) is 7.11 Å². The van der Waals surface area contributed by atoms with Gasteiger partial charge in [-0.3, -0.25) is 4.99 Å². The molecule has 88 valence electrons. The molecular formula is C14H15NO2. The largest absolute Gasteiger partial charge is 0.494 e. The minimum Gasteiger partial charge on any atom is -0.494 e. The minimum absolute atomic E-state index is 0.685. The number of aliphatic imine (C=N–C) groups is 1. The lowest BCUT2D eigenvalue weighted by Gasteiger charge is -2.04. The van der Waals surface area contributed by atoms with Gasteiger partial charge in [0.15, 0.2) is 0 Å². The zero-order valence-electron chi connectivity index (χ0n) is 10.0. The van der Waals surface area contributed by atoms with Gasteiger partial charge in [-0.25, -0.2) is 0 Å². The Morgan fingerprint density at radius 2 is 2.24 bits per heavy atom. The van der Waals surface area contributed by atoms with Crippen molar-refractivity contribution in [2.45, 2.75) is 13.3 Å². The second-order valence-corrected chi connectivity index (χ2v) is 3.77. The van der Waals surface area contributed by atoms with Crippen molar-refractivity contribution >= 4 is 11.9 Å². The topological polar surface area (TPSA) is 34.7 Å². The van der Waals surface area contributed by atoms with Crippen LogP contribution in [0.5, 0.6) is 5.75 Å². The molecule has 3 nitrogen and oxygen atoms in total. The first kappa shape index (κ1) is 11.5. The van der Waals surface area contributed by atoms with E-state index in [1.165, 1.54) is 0 Å². The zero-order valence-corrected chi connectivity index (χ0v) is 10.0. The summed E-state index contributed by atoms with van der Waals surface area (Å²) in [5, 5.41) is 0. The smallest absolute Gasteiger partial charge is 0.144 e. The van der Waals surface area contributed by atoms with Crippen LogP contribution in [-0.2, 0) is 6.42 Å². The van der Waals surface area contributed by atoms with Crippen molar-refractivity contribution in [1.29, 1.82) is 0 Å². The van der Waals surface area contributed by atoms with Crippen LogP contribution in [0, 0.1) is 6.92 Å². The zero-order chi connectivity index (χ0) is 12.1. The number of hydrogen-bond acceptors (Lipinski definition) is 3. The van der Waals surface area contributed by atoms with Crippen molar-refractivity contribution in [2.24, 2.45) is 4.99 Å². The van der Waals surface area contributed by atoms with Crippen molar-refractivity contribution in [3.63, 3.8) is 0 Å². The molecule has 2 rings (SSSR count). The molecule has 0 saturated carbocycles. The quantitative estimate of drug-likeness (QED) is 0.751. The molecule has 1 heterocycles. The average Bonchev–Trinajstić information content (AvgIpc) is 2.84. The maximum absolute atomic E-state index is 5.28. The molecule has 17 heavy (non-hydrogen) atoms. The molecule has 1 aromatic heterocycles. The third kappa shape index (κ3) is 2.97. The highest BCUT2D eigenvalue weighted by molar-refractivity contribution is 5.68. The third-order valence-electron chi connectivity index (χ3n) is 2.44. The number of furan rings is 1. The lowest BCUT2D eigenvalue weighted by Crippen LogP contribution is -1.86. The molecule has 0 bridgehead atoms. The van der Waals surface area contributed by atoms with Gasteiger partial charge in [0.05, 0.1) is 13.4 Å². The van der Waals surface area contributed by atoms with Gasteiger partial charge in [0.2, 0.25) is 0 Å². The molecule has 0 spiro atoms. The maximum atomic E-state index is 5.28. The number of hydrogen-bond donors (Lipinski definition) is 0.